The van der Waals surface area contributed by atoms with Crippen molar-refractivity contribution in [2.75, 3.05) is 59.8 Å². The molecular weight excluding hydrogens is 909 g/mol. The van der Waals surface area contributed by atoms with Crippen molar-refractivity contribution in [2.24, 2.45) is 13.0 Å². The van der Waals surface area contributed by atoms with Crippen LogP contribution in [-0.2, 0) is 29.6 Å². The number of carbonyl (C=O) groups is 5. The topological polar surface area (TPSA) is 204 Å². The third kappa shape index (κ3) is 9.64. The number of thiazole rings is 1. The molecule has 70 heavy (non-hydrogen) atoms. The molecule has 0 saturated carbocycles. The first kappa shape index (κ1) is 46.1. The Morgan fingerprint density at radius 2 is 1.71 bits per heavy atom. The molecule has 4 aromatic carbocycles. The molecule has 2 fully saturated rings. The standard InChI is InChI=1S/C52H52N10O7S/c1-31-35(36-17-18-44(55-47(36)50(66)67)61-25-21-33-9-5-11-37(39(33)29-61)49(65)57-51-54-40-12-3-4-14-43(40)70-51)10-6-13-42(31)69-27-7-8-32-19-23-60(24-20-32)30-46(64)53-34-15-16-38-41(28-34)59(2)58-48(38)62-26-22-45(63)56-52(62)68/h3-6,9-18,28,32H,7-8,19-27,29-30H2,1-2H3,(H,53,64)(H,66,67)(H,54,57,65)(H,56,63,68). The van der Waals surface area contributed by atoms with Gasteiger partial charge < -0.3 is 20.1 Å². The predicted octanol–water partition coefficient (Wildman–Crippen LogP) is 8.02. The number of rotatable bonds is 14. The van der Waals surface area contributed by atoms with Gasteiger partial charge in [-0.25, -0.2) is 19.6 Å². The van der Waals surface area contributed by atoms with Crippen LogP contribution in [0.3, 0.4) is 0 Å². The van der Waals surface area contributed by atoms with Gasteiger partial charge in [-0.2, -0.15) is 5.10 Å². The van der Waals surface area contributed by atoms with Crippen LogP contribution in [0.25, 0.3) is 32.2 Å². The van der Waals surface area contributed by atoms with Crippen molar-refractivity contribution in [3.05, 3.63) is 119 Å². The number of likely N-dealkylation sites (tertiary alicyclic amines) is 1. The van der Waals surface area contributed by atoms with Gasteiger partial charge in [0.25, 0.3) is 5.91 Å². The number of urea groups is 1. The fraction of sp³-hybridized carbons (Fsp3) is 0.308. The molecule has 0 bridgehead atoms. The Morgan fingerprint density at radius 1 is 0.886 bits per heavy atom. The quantitative estimate of drug-likeness (QED) is 0.0766. The average molecular weight is 961 g/mol. The van der Waals surface area contributed by atoms with E-state index in [2.05, 4.69) is 30.9 Å². The molecule has 17 nitrogen and oxygen atoms in total. The monoisotopic (exact) mass is 960 g/mol. The summed E-state index contributed by atoms with van der Waals surface area (Å²) in [5, 5.41) is 24.6. The van der Waals surface area contributed by atoms with Gasteiger partial charge in [0.15, 0.2) is 16.6 Å². The lowest BCUT2D eigenvalue weighted by Crippen LogP contribution is -2.49. The van der Waals surface area contributed by atoms with Crippen molar-refractivity contribution in [3.8, 4) is 16.9 Å². The molecule has 2 saturated heterocycles. The first-order valence-corrected chi connectivity index (χ1v) is 24.4. The number of ether oxygens (including phenoxy) is 1. The molecule has 18 heteroatoms. The molecule has 0 spiro atoms. The Morgan fingerprint density at radius 3 is 2.53 bits per heavy atom. The van der Waals surface area contributed by atoms with E-state index in [1.807, 2.05) is 96.8 Å². The van der Waals surface area contributed by atoms with E-state index in [1.54, 1.807) is 17.8 Å². The fourth-order valence-electron chi connectivity index (χ4n) is 9.82. The number of nitrogens with zero attached hydrogens (tertiary/aromatic N) is 7. The van der Waals surface area contributed by atoms with Gasteiger partial charge in [-0.15, -0.1) is 0 Å². The number of aryl methyl sites for hydroxylation is 1. The predicted molar refractivity (Wildman–Crippen MR) is 269 cm³/mol. The number of pyridine rings is 1. The van der Waals surface area contributed by atoms with Crippen LogP contribution in [0.1, 0.15) is 69.6 Å². The van der Waals surface area contributed by atoms with Crippen LogP contribution in [0.2, 0.25) is 0 Å². The molecule has 3 aromatic heterocycles. The average Bonchev–Trinajstić information content (AvgIpc) is 3.92. The lowest BCUT2D eigenvalue weighted by atomic mass is 9.92. The maximum Gasteiger partial charge on any atom is 0.355 e. The second-order valence-corrected chi connectivity index (χ2v) is 19.1. The number of nitrogens with one attached hydrogen (secondary N) is 3. The second kappa shape index (κ2) is 19.7. The lowest BCUT2D eigenvalue weighted by Gasteiger charge is -2.31. The molecule has 6 heterocycles. The van der Waals surface area contributed by atoms with E-state index in [0.29, 0.717) is 71.4 Å². The number of hydrogen-bond acceptors (Lipinski definition) is 12. The molecule has 7 aromatic rings. The van der Waals surface area contributed by atoms with Crippen molar-refractivity contribution in [1.29, 1.82) is 0 Å². The number of amides is 5. The Labute approximate surface area is 407 Å². The molecule has 3 aliphatic rings. The maximum absolute atomic E-state index is 13.6. The molecule has 0 unspecified atom stereocenters. The zero-order valence-electron chi connectivity index (χ0n) is 38.9. The molecule has 10 rings (SSSR count). The first-order chi connectivity index (χ1) is 33.9. The summed E-state index contributed by atoms with van der Waals surface area (Å²) in [6.45, 7) is 5.63. The van der Waals surface area contributed by atoms with Gasteiger partial charge in [-0.05, 0) is 135 Å². The summed E-state index contributed by atoms with van der Waals surface area (Å²) in [6.07, 6.45) is 4.68. The Balaban J connectivity index is 0.709. The van der Waals surface area contributed by atoms with Gasteiger partial charge >= 0.3 is 12.0 Å². The van der Waals surface area contributed by atoms with Crippen LogP contribution < -0.4 is 30.5 Å². The van der Waals surface area contributed by atoms with E-state index in [-0.39, 0.29) is 42.9 Å². The molecule has 3 aliphatic heterocycles. The van der Waals surface area contributed by atoms with E-state index in [4.69, 9.17) is 9.72 Å². The molecule has 0 aliphatic carbocycles. The maximum atomic E-state index is 13.6. The highest BCUT2D eigenvalue weighted by Gasteiger charge is 2.29. The number of carbonyl (C=O) groups excluding carboxylic acids is 4. The first-order valence-electron chi connectivity index (χ1n) is 23.6. The lowest BCUT2D eigenvalue weighted by molar-refractivity contribution is -0.120. The van der Waals surface area contributed by atoms with Crippen molar-refractivity contribution in [3.63, 3.8) is 0 Å². The van der Waals surface area contributed by atoms with Crippen LogP contribution in [0.15, 0.2) is 91.0 Å². The van der Waals surface area contributed by atoms with Crippen LogP contribution >= 0.6 is 11.3 Å². The van der Waals surface area contributed by atoms with E-state index >= 15 is 0 Å². The number of para-hydroxylation sites is 1. The minimum absolute atomic E-state index is 0.0546. The number of aromatic nitrogens is 4. The van der Waals surface area contributed by atoms with E-state index in [1.165, 1.54) is 16.2 Å². The fourth-order valence-corrected chi connectivity index (χ4v) is 10.7. The smallest absolute Gasteiger partial charge is 0.355 e. The number of piperidine rings is 1. The zero-order valence-corrected chi connectivity index (χ0v) is 39.7. The summed E-state index contributed by atoms with van der Waals surface area (Å²) in [4.78, 5) is 78.6. The van der Waals surface area contributed by atoms with E-state index < -0.39 is 12.0 Å². The number of hydrogen-bond donors (Lipinski definition) is 4. The van der Waals surface area contributed by atoms with Gasteiger partial charge in [0.2, 0.25) is 11.8 Å². The third-order valence-corrected chi connectivity index (χ3v) is 14.5. The summed E-state index contributed by atoms with van der Waals surface area (Å²) in [7, 11) is 1.78. The highest BCUT2D eigenvalue weighted by atomic mass is 32.1. The number of benzene rings is 4. The highest BCUT2D eigenvalue weighted by Crippen LogP contribution is 2.36. The summed E-state index contributed by atoms with van der Waals surface area (Å²) < 4.78 is 8.97. The summed E-state index contributed by atoms with van der Waals surface area (Å²) in [5.74, 6) is 0.414. The SMILES string of the molecule is Cc1c(OCCCC2CCN(CC(=O)Nc3ccc4c(N5CCC(=O)NC5=O)nn(C)c4c3)CC2)cccc1-c1ccc(N2CCc3cccc(C(=O)Nc4nc5ccccc5s4)c3C2)nc1C(=O)O. The number of imide groups is 1. The van der Waals surface area contributed by atoms with Crippen LogP contribution in [0.4, 0.5) is 27.2 Å². The van der Waals surface area contributed by atoms with Gasteiger partial charge in [0.1, 0.15) is 11.6 Å². The van der Waals surface area contributed by atoms with Crippen LogP contribution in [0, 0.1) is 12.8 Å². The number of anilines is 4. The molecule has 0 atom stereocenters. The van der Waals surface area contributed by atoms with Crippen molar-refractivity contribution in [2.45, 2.75) is 52.0 Å². The zero-order chi connectivity index (χ0) is 48.5. The minimum Gasteiger partial charge on any atom is -0.493 e. The van der Waals surface area contributed by atoms with E-state index in [0.717, 1.165) is 82.1 Å². The molecule has 0 radical (unpaired) electrons. The Hall–Kier alpha value is -7.70. The number of carboxylic acid groups (broad SMARTS) is 1. The molecule has 4 N–H and O–H groups in total. The van der Waals surface area contributed by atoms with Crippen LogP contribution in [0.5, 0.6) is 5.75 Å². The normalized spacial score (nSPS) is 15.5. The van der Waals surface area contributed by atoms with Gasteiger partial charge in [-0.1, -0.05) is 47.7 Å². The summed E-state index contributed by atoms with van der Waals surface area (Å²) in [6, 6.07) is 27.8. The van der Waals surface area contributed by atoms with Crippen molar-refractivity contribution < 1.29 is 33.8 Å². The summed E-state index contributed by atoms with van der Waals surface area (Å²) in [5.41, 5.74) is 6.73. The number of fused-ring (bicyclic) bond motifs is 3. The van der Waals surface area contributed by atoms with E-state index in [9.17, 15) is 29.1 Å². The van der Waals surface area contributed by atoms with Gasteiger partial charge in [-0.3, -0.25) is 39.5 Å². The Kier molecular flexibility index (Phi) is 13.0. The van der Waals surface area contributed by atoms with Crippen LogP contribution in [-0.4, -0.2) is 98.8 Å². The molecular formula is C52H52N10O7S. The highest BCUT2D eigenvalue weighted by molar-refractivity contribution is 7.22. The third-order valence-electron chi connectivity index (χ3n) is 13.5. The Bertz CT molecular complexity index is 3160. The van der Waals surface area contributed by atoms with Gasteiger partial charge in [0, 0.05) is 55.3 Å². The number of carboxylic acids is 1. The minimum atomic E-state index is -1.13. The summed E-state index contributed by atoms with van der Waals surface area (Å²) >= 11 is 1.43. The van der Waals surface area contributed by atoms with Crippen molar-refractivity contribution >= 4 is 84.6 Å². The molecule has 358 valence electrons. The van der Waals surface area contributed by atoms with Crippen molar-refractivity contribution in [1.82, 2.24) is 30.0 Å². The van der Waals surface area contributed by atoms with Gasteiger partial charge in [0.05, 0.1) is 28.9 Å². The number of aromatic carboxylic acids is 1. The largest absolute Gasteiger partial charge is 0.493 e. The second-order valence-electron chi connectivity index (χ2n) is 18.0. The molecule has 5 amide bonds.